The van der Waals surface area contributed by atoms with Gasteiger partial charge in [0.1, 0.15) is 15.9 Å². The molecule has 94 valence electrons. The smallest absolute Gasteiger partial charge is 0.289 e. The zero-order chi connectivity index (χ0) is 13.3. The van der Waals surface area contributed by atoms with Gasteiger partial charge in [-0.05, 0) is 28.1 Å². The number of benzene rings is 1. The third-order valence-corrected chi connectivity index (χ3v) is 3.13. The van der Waals surface area contributed by atoms with Gasteiger partial charge in [-0.15, -0.1) is 0 Å². The van der Waals surface area contributed by atoms with Crippen LogP contribution in [0.4, 0.5) is 11.4 Å². The molecular formula is C11H10BrN3O3. The lowest BCUT2D eigenvalue weighted by molar-refractivity contribution is 0.477. The molecule has 6 nitrogen and oxygen atoms in total. The van der Waals surface area contributed by atoms with Crippen LogP contribution >= 0.6 is 15.9 Å². The Bertz CT molecular complexity index is 705. The molecule has 0 radical (unpaired) electrons. The summed E-state index contributed by atoms with van der Waals surface area (Å²) in [4.78, 5) is 23.4. The lowest BCUT2D eigenvalue weighted by atomic mass is 10.3. The van der Waals surface area contributed by atoms with Crippen LogP contribution in [0.3, 0.4) is 0 Å². The van der Waals surface area contributed by atoms with Crippen molar-refractivity contribution in [2.75, 3.05) is 5.32 Å². The summed E-state index contributed by atoms with van der Waals surface area (Å²) in [5, 5.41) is 14.7. The highest BCUT2D eigenvalue weighted by Gasteiger charge is 2.12. The number of rotatable bonds is 2. The van der Waals surface area contributed by atoms with Gasteiger partial charge >= 0.3 is 0 Å². The van der Waals surface area contributed by atoms with Crippen LogP contribution in [0.1, 0.15) is 0 Å². The minimum absolute atomic E-state index is 0.00765. The Hall–Kier alpha value is -2.02. The minimum Gasteiger partial charge on any atom is -0.506 e. The van der Waals surface area contributed by atoms with Crippen molar-refractivity contribution in [2.24, 2.45) is 7.05 Å². The molecule has 0 saturated heterocycles. The van der Waals surface area contributed by atoms with Gasteiger partial charge in [-0.1, -0.05) is 12.1 Å². The molecule has 0 unspecified atom stereocenters. The van der Waals surface area contributed by atoms with Crippen molar-refractivity contribution in [3.8, 4) is 5.75 Å². The molecule has 0 atom stereocenters. The SMILES string of the molecule is Cn1[nH]c(=O)c(Br)c(Nc2ccccc2O)c1=O. The maximum absolute atomic E-state index is 11.9. The second kappa shape index (κ2) is 4.69. The summed E-state index contributed by atoms with van der Waals surface area (Å²) in [6, 6.07) is 6.44. The third-order valence-electron chi connectivity index (χ3n) is 2.37. The summed E-state index contributed by atoms with van der Waals surface area (Å²) >= 11 is 3.05. The molecule has 0 spiro atoms. The number of H-pyrrole nitrogens is 1. The van der Waals surface area contributed by atoms with Gasteiger partial charge in [0.05, 0.1) is 5.69 Å². The Balaban J connectivity index is 2.57. The fourth-order valence-electron chi connectivity index (χ4n) is 1.45. The molecule has 1 heterocycles. The highest BCUT2D eigenvalue weighted by Crippen LogP contribution is 2.26. The summed E-state index contributed by atoms with van der Waals surface area (Å²) < 4.78 is 1.16. The number of anilines is 2. The monoisotopic (exact) mass is 311 g/mol. The topological polar surface area (TPSA) is 87.1 Å². The lowest BCUT2D eigenvalue weighted by Crippen LogP contribution is -2.29. The van der Waals surface area contributed by atoms with Gasteiger partial charge in [0.15, 0.2) is 0 Å². The molecule has 0 saturated carbocycles. The van der Waals surface area contributed by atoms with Crippen molar-refractivity contribution in [1.29, 1.82) is 0 Å². The average molecular weight is 312 g/mol. The van der Waals surface area contributed by atoms with Crippen LogP contribution < -0.4 is 16.4 Å². The van der Waals surface area contributed by atoms with Crippen LogP contribution in [0.25, 0.3) is 0 Å². The molecule has 1 aromatic heterocycles. The highest BCUT2D eigenvalue weighted by molar-refractivity contribution is 9.10. The van der Waals surface area contributed by atoms with E-state index in [1.54, 1.807) is 18.2 Å². The predicted molar refractivity (Wildman–Crippen MR) is 71.4 cm³/mol. The Kier molecular flexibility index (Phi) is 3.24. The van der Waals surface area contributed by atoms with E-state index in [-0.39, 0.29) is 15.9 Å². The summed E-state index contributed by atoms with van der Waals surface area (Å²) in [5.74, 6) is -0.00765. The van der Waals surface area contributed by atoms with Crippen LogP contribution in [-0.2, 0) is 7.05 Å². The molecule has 7 heteroatoms. The third kappa shape index (κ3) is 2.17. The van der Waals surface area contributed by atoms with E-state index in [0.717, 1.165) is 4.68 Å². The quantitative estimate of drug-likeness (QED) is 0.729. The van der Waals surface area contributed by atoms with E-state index in [2.05, 4.69) is 26.3 Å². The maximum atomic E-state index is 11.9. The summed E-state index contributed by atoms with van der Waals surface area (Å²) in [6.45, 7) is 0. The summed E-state index contributed by atoms with van der Waals surface area (Å²) in [5.41, 5.74) is -0.427. The first-order valence-corrected chi connectivity index (χ1v) is 5.84. The molecule has 0 bridgehead atoms. The summed E-state index contributed by atoms with van der Waals surface area (Å²) in [7, 11) is 1.44. The van der Waals surface area contributed by atoms with Crippen LogP contribution in [0.2, 0.25) is 0 Å². The number of nitrogens with one attached hydrogen (secondary N) is 2. The molecule has 2 aromatic rings. The molecule has 1 aromatic carbocycles. The second-order valence-electron chi connectivity index (χ2n) is 3.64. The van der Waals surface area contributed by atoms with Crippen molar-refractivity contribution in [2.45, 2.75) is 0 Å². The molecule has 2 rings (SSSR count). The number of aromatic nitrogens is 2. The number of aromatic hydroxyl groups is 1. The molecule has 0 fully saturated rings. The normalized spacial score (nSPS) is 10.3. The van der Waals surface area contributed by atoms with Gasteiger partial charge in [-0.25, -0.2) is 0 Å². The number of nitrogens with zero attached hydrogens (tertiary/aromatic N) is 1. The van der Waals surface area contributed by atoms with Crippen LogP contribution in [0, 0.1) is 0 Å². The van der Waals surface area contributed by atoms with Crippen molar-refractivity contribution in [3.05, 3.63) is 49.4 Å². The number of hydrogen-bond acceptors (Lipinski definition) is 4. The van der Waals surface area contributed by atoms with Gasteiger partial charge in [0.25, 0.3) is 11.1 Å². The number of aromatic amines is 1. The molecule has 18 heavy (non-hydrogen) atoms. The first-order chi connectivity index (χ1) is 8.50. The molecule has 0 amide bonds. The van der Waals surface area contributed by atoms with Crippen molar-refractivity contribution < 1.29 is 5.11 Å². The second-order valence-corrected chi connectivity index (χ2v) is 4.43. The molecule has 0 aliphatic carbocycles. The minimum atomic E-state index is -0.435. The zero-order valence-electron chi connectivity index (χ0n) is 9.40. The van der Waals surface area contributed by atoms with E-state index in [1.807, 2.05) is 0 Å². The van der Waals surface area contributed by atoms with E-state index < -0.39 is 11.1 Å². The van der Waals surface area contributed by atoms with Crippen molar-refractivity contribution in [3.63, 3.8) is 0 Å². The number of para-hydroxylation sites is 2. The van der Waals surface area contributed by atoms with E-state index in [4.69, 9.17) is 0 Å². The Morgan fingerprint density at radius 1 is 1.33 bits per heavy atom. The van der Waals surface area contributed by atoms with Gasteiger partial charge in [0, 0.05) is 7.05 Å². The van der Waals surface area contributed by atoms with Gasteiger partial charge in [-0.2, -0.15) is 0 Å². The maximum Gasteiger partial charge on any atom is 0.289 e. The van der Waals surface area contributed by atoms with E-state index in [9.17, 15) is 14.7 Å². The van der Waals surface area contributed by atoms with Gasteiger partial charge in [0.2, 0.25) is 0 Å². The Labute approximate surface area is 110 Å². The Morgan fingerprint density at radius 3 is 2.67 bits per heavy atom. The largest absolute Gasteiger partial charge is 0.506 e. The van der Waals surface area contributed by atoms with Crippen LogP contribution in [-0.4, -0.2) is 14.9 Å². The number of phenols is 1. The molecule has 0 aliphatic heterocycles. The van der Waals surface area contributed by atoms with Crippen LogP contribution in [0.15, 0.2) is 38.3 Å². The molecule has 0 aliphatic rings. The Morgan fingerprint density at radius 2 is 2.00 bits per heavy atom. The number of halogens is 1. The zero-order valence-corrected chi connectivity index (χ0v) is 11.0. The van der Waals surface area contributed by atoms with Crippen LogP contribution in [0.5, 0.6) is 5.75 Å². The number of aryl methyl sites for hydroxylation is 1. The van der Waals surface area contributed by atoms with E-state index in [1.165, 1.54) is 13.1 Å². The lowest BCUT2D eigenvalue weighted by Gasteiger charge is -2.10. The van der Waals surface area contributed by atoms with E-state index in [0.29, 0.717) is 5.69 Å². The fourth-order valence-corrected chi connectivity index (χ4v) is 1.81. The van der Waals surface area contributed by atoms with Gasteiger partial charge in [-0.3, -0.25) is 19.4 Å². The number of phenolic OH excluding ortho intramolecular Hbond substituents is 1. The highest BCUT2D eigenvalue weighted by atomic mass is 79.9. The van der Waals surface area contributed by atoms with E-state index >= 15 is 0 Å². The fraction of sp³-hybridized carbons (Fsp3) is 0.0909. The van der Waals surface area contributed by atoms with Crippen molar-refractivity contribution in [1.82, 2.24) is 9.78 Å². The molecule has 3 N–H and O–H groups in total. The first kappa shape index (κ1) is 12.4. The van der Waals surface area contributed by atoms with Crippen molar-refractivity contribution >= 4 is 27.3 Å². The summed E-state index contributed by atoms with van der Waals surface area (Å²) in [6.07, 6.45) is 0. The van der Waals surface area contributed by atoms with Gasteiger partial charge < -0.3 is 10.4 Å². The average Bonchev–Trinajstić information content (AvgIpc) is 2.34. The first-order valence-electron chi connectivity index (χ1n) is 5.04. The predicted octanol–water partition coefficient (Wildman–Crippen LogP) is 1.29. The standard InChI is InChI=1S/C11H10BrN3O3/c1-15-11(18)9(8(12)10(17)14-15)13-6-4-2-3-5-7(6)16/h2-5,13,16H,1H3,(H,14,17). The molecular weight excluding hydrogens is 302 g/mol. The number of hydrogen-bond donors (Lipinski definition) is 3.